The van der Waals surface area contributed by atoms with Gasteiger partial charge in [0.25, 0.3) is 0 Å². The molecule has 4 heteroatoms. The van der Waals surface area contributed by atoms with E-state index in [-0.39, 0.29) is 6.04 Å². The molecule has 0 aromatic carbocycles. The minimum Gasteiger partial charge on any atom is -0.327 e. The number of nitrogens with two attached hydrogens (primary N) is 1. The summed E-state index contributed by atoms with van der Waals surface area (Å²) in [5.41, 5.74) is 6.19. The molecule has 1 aromatic rings. The van der Waals surface area contributed by atoms with Gasteiger partial charge in [-0.15, -0.1) is 0 Å². The number of nitrogens with zero attached hydrogens (tertiary/aromatic N) is 1. The highest BCUT2D eigenvalue weighted by atomic mass is 35.5. The molecule has 0 aliphatic heterocycles. The van der Waals surface area contributed by atoms with Crippen molar-refractivity contribution in [2.45, 2.75) is 48.4 Å². The van der Waals surface area contributed by atoms with Crippen LogP contribution in [0.4, 0.5) is 0 Å². The van der Waals surface area contributed by atoms with E-state index >= 15 is 0 Å². The molecule has 16 heavy (non-hydrogen) atoms. The van der Waals surface area contributed by atoms with E-state index in [0.717, 1.165) is 16.5 Å². The summed E-state index contributed by atoms with van der Waals surface area (Å²) in [5.74, 6) is 0. The van der Waals surface area contributed by atoms with Crippen LogP contribution in [0.5, 0.6) is 0 Å². The molecule has 88 valence electrons. The third kappa shape index (κ3) is 3.12. The fourth-order valence-corrected chi connectivity index (χ4v) is 3.49. The van der Waals surface area contributed by atoms with E-state index in [1.165, 1.54) is 25.7 Å². The van der Waals surface area contributed by atoms with Crippen LogP contribution in [0.15, 0.2) is 23.4 Å². The number of halogens is 1. The Kier molecular flexibility index (Phi) is 4.50. The van der Waals surface area contributed by atoms with E-state index in [9.17, 15) is 0 Å². The van der Waals surface area contributed by atoms with E-state index in [1.807, 2.05) is 12.1 Å². The average molecular weight is 257 g/mol. The Bertz CT molecular complexity index is 346. The highest BCUT2D eigenvalue weighted by Gasteiger charge is 2.22. The first-order valence-corrected chi connectivity index (χ1v) is 7.06. The number of hydrogen-bond acceptors (Lipinski definition) is 3. The molecule has 2 nitrogen and oxygen atoms in total. The van der Waals surface area contributed by atoms with Crippen LogP contribution >= 0.6 is 23.4 Å². The number of aromatic nitrogens is 1. The molecule has 1 aliphatic rings. The SMILES string of the molecule is NC1CCCCCC1Sc1ncccc1Cl. The second kappa shape index (κ2) is 5.89. The lowest BCUT2D eigenvalue weighted by Crippen LogP contribution is -2.31. The molecule has 1 saturated carbocycles. The van der Waals surface area contributed by atoms with Gasteiger partial charge in [0, 0.05) is 17.5 Å². The normalized spacial score (nSPS) is 26.4. The van der Waals surface area contributed by atoms with Crippen molar-refractivity contribution in [2.24, 2.45) is 5.73 Å². The first kappa shape index (κ1) is 12.2. The molecule has 2 atom stereocenters. The predicted octanol–water partition coefficient (Wildman–Crippen LogP) is 3.49. The zero-order chi connectivity index (χ0) is 11.4. The topological polar surface area (TPSA) is 38.9 Å². The van der Waals surface area contributed by atoms with E-state index in [2.05, 4.69) is 4.98 Å². The van der Waals surface area contributed by atoms with Crippen molar-refractivity contribution in [3.8, 4) is 0 Å². The number of hydrogen-bond donors (Lipinski definition) is 1. The lowest BCUT2D eigenvalue weighted by atomic mass is 10.1. The van der Waals surface area contributed by atoms with Crippen LogP contribution in [0.3, 0.4) is 0 Å². The zero-order valence-electron chi connectivity index (χ0n) is 9.23. The van der Waals surface area contributed by atoms with Crippen LogP contribution in [-0.4, -0.2) is 16.3 Å². The van der Waals surface area contributed by atoms with Crippen molar-refractivity contribution >= 4 is 23.4 Å². The van der Waals surface area contributed by atoms with Crippen LogP contribution < -0.4 is 5.73 Å². The largest absolute Gasteiger partial charge is 0.327 e. The average Bonchev–Trinajstić information content (AvgIpc) is 2.48. The molecule has 0 saturated heterocycles. The highest BCUT2D eigenvalue weighted by molar-refractivity contribution is 8.00. The minimum absolute atomic E-state index is 0.283. The quantitative estimate of drug-likeness (QED) is 0.824. The summed E-state index contributed by atoms with van der Waals surface area (Å²) in [7, 11) is 0. The van der Waals surface area contributed by atoms with Crippen LogP contribution in [0.25, 0.3) is 0 Å². The van der Waals surface area contributed by atoms with E-state index in [4.69, 9.17) is 17.3 Å². The Morgan fingerprint density at radius 3 is 2.94 bits per heavy atom. The third-order valence-electron chi connectivity index (χ3n) is 2.99. The molecule has 0 amide bonds. The second-order valence-corrected chi connectivity index (χ2v) is 5.88. The highest BCUT2D eigenvalue weighted by Crippen LogP contribution is 2.34. The molecule has 0 bridgehead atoms. The molecule has 0 radical (unpaired) electrons. The first-order valence-electron chi connectivity index (χ1n) is 5.80. The van der Waals surface area contributed by atoms with Crippen molar-refractivity contribution in [2.75, 3.05) is 0 Å². The van der Waals surface area contributed by atoms with E-state index < -0.39 is 0 Å². The van der Waals surface area contributed by atoms with Crippen molar-refractivity contribution in [3.63, 3.8) is 0 Å². The molecule has 1 aliphatic carbocycles. The number of rotatable bonds is 2. The van der Waals surface area contributed by atoms with Crippen molar-refractivity contribution in [1.82, 2.24) is 4.98 Å². The van der Waals surface area contributed by atoms with Gasteiger partial charge in [-0.05, 0) is 25.0 Å². The van der Waals surface area contributed by atoms with Gasteiger partial charge in [-0.25, -0.2) is 4.98 Å². The Morgan fingerprint density at radius 2 is 2.12 bits per heavy atom. The van der Waals surface area contributed by atoms with Gasteiger partial charge in [0.1, 0.15) is 5.03 Å². The molecule has 0 spiro atoms. The summed E-state index contributed by atoms with van der Waals surface area (Å²) >= 11 is 7.85. The van der Waals surface area contributed by atoms with Gasteiger partial charge >= 0.3 is 0 Å². The van der Waals surface area contributed by atoms with Crippen LogP contribution in [0.1, 0.15) is 32.1 Å². The van der Waals surface area contributed by atoms with E-state index in [0.29, 0.717) is 5.25 Å². The standard InChI is InChI=1S/C12H17ClN2S/c13-9-5-4-8-15-12(9)16-11-7-3-1-2-6-10(11)14/h4-5,8,10-11H,1-3,6-7,14H2. The van der Waals surface area contributed by atoms with Crippen molar-refractivity contribution < 1.29 is 0 Å². The summed E-state index contributed by atoms with van der Waals surface area (Å²) in [5, 5.41) is 2.13. The molecule has 2 rings (SSSR count). The van der Waals surface area contributed by atoms with Gasteiger partial charge in [-0.1, -0.05) is 42.6 Å². The number of thioether (sulfide) groups is 1. The molecule has 2 N–H and O–H groups in total. The fourth-order valence-electron chi connectivity index (χ4n) is 2.05. The molecular formula is C12H17ClN2S. The lowest BCUT2D eigenvalue weighted by molar-refractivity contribution is 0.596. The van der Waals surface area contributed by atoms with E-state index in [1.54, 1.807) is 18.0 Å². The summed E-state index contributed by atoms with van der Waals surface area (Å²) in [6.07, 6.45) is 7.93. The maximum Gasteiger partial charge on any atom is 0.115 e. The monoisotopic (exact) mass is 256 g/mol. The maximum atomic E-state index is 6.19. The predicted molar refractivity (Wildman–Crippen MR) is 70.0 cm³/mol. The summed E-state index contributed by atoms with van der Waals surface area (Å²) in [6, 6.07) is 4.03. The summed E-state index contributed by atoms with van der Waals surface area (Å²) in [6.45, 7) is 0. The Labute approximate surface area is 106 Å². The molecule has 1 heterocycles. The summed E-state index contributed by atoms with van der Waals surface area (Å²) in [4.78, 5) is 4.31. The van der Waals surface area contributed by atoms with Gasteiger partial charge in [0.15, 0.2) is 0 Å². The van der Waals surface area contributed by atoms with Gasteiger partial charge in [0.2, 0.25) is 0 Å². The molecular weight excluding hydrogens is 240 g/mol. The van der Waals surface area contributed by atoms with Gasteiger partial charge in [-0.3, -0.25) is 0 Å². The lowest BCUT2D eigenvalue weighted by Gasteiger charge is -2.20. The maximum absolute atomic E-state index is 6.19. The van der Waals surface area contributed by atoms with Crippen LogP contribution in [0.2, 0.25) is 5.02 Å². The van der Waals surface area contributed by atoms with Gasteiger partial charge < -0.3 is 5.73 Å². The van der Waals surface area contributed by atoms with Gasteiger partial charge in [-0.2, -0.15) is 0 Å². The van der Waals surface area contributed by atoms with Gasteiger partial charge in [0.05, 0.1) is 5.02 Å². The zero-order valence-corrected chi connectivity index (χ0v) is 10.8. The smallest absolute Gasteiger partial charge is 0.115 e. The minimum atomic E-state index is 0.283. The molecule has 1 aromatic heterocycles. The summed E-state index contributed by atoms with van der Waals surface area (Å²) < 4.78 is 0. The first-order chi connectivity index (χ1) is 7.77. The third-order valence-corrected chi connectivity index (χ3v) is 4.85. The Hall–Kier alpha value is -0.250. The fraction of sp³-hybridized carbons (Fsp3) is 0.583. The second-order valence-electron chi connectivity index (χ2n) is 4.25. The Balaban J connectivity index is 2.05. The van der Waals surface area contributed by atoms with Crippen molar-refractivity contribution in [3.05, 3.63) is 23.4 Å². The molecule has 1 fully saturated rings. The van der Waals surface area contributed by atoms with Crippen LogP contribution in [0, 0.1) is 0 Å². The number of pyridine rings is 1. The Morgan fingerprint density at radius 1 is 1.31 bits per heavy atom. The molecule has 2 unspecified atom stereocenters. The van der Waals surface area contributed by atoms with Crippen molar-refractivity contribution in [1.29, 1.82) is 0 Å². The van der Waals surface area contributed by atoms with Crippen LogP contribution in [-0.2, 0) is 0 Å².